The Kier molecular flexibility index (Phi) is 4.14. The number of ether oxygens (including phenoxy) is 1. The van der Waals surface area contributed by atoms with E-state index in [4.69, 9.17) is 0 Å². The molecule has 1 fully saturated rings. The molecule has 2 rings (SSSR count). The van der Waals surface area contributed by atoms with E-state index in [1.807, 2.05) is 0 Å². The van der Waals surface area contributed by atoms with Gasteiger partial charge < -0.3 is 4.74 Å². The van der Waals surface area contributed by atoms with Gasteiger partial charge in [-0.1, -0.05) is 35.0 Å². The molecule has 1 aromatic carbocycles. The quantitative estimate of drug-likeness (QED) is 0.699. The summed E-state index contributed by atoms with van der Waals surface area (Å²) in [5, 5.41) is 0. The van der Waals surface area contributed by atoms with Crippen LogP contribution < -0.4 is 4.74 Å². The predicted molar refractivity (Wildman–Crippen MR) is 71.5 cm³/mol. The first-order chi connectivity index (χ1) is 8.76. The largest absolute Gasteiger partial charge is 0.573 e. The summed E-state index contributed by atoms with van der Waals surface area (Å²) in [6.45, 7) is 2.23. The highest BCUT2D eigenvalue weighted by Crippen LogP contribution is 2.43. The summed E-state index contributed by atoms with van der Waals surface area (Å²) in [6.07, 6.45) is -0.327. The number of hydrogen-bond donors (Lipinski definition) is 0. The van der Waals surface area contributed by atoms with E-state index < -0.39 is 6.36 Å². The Morgan fingerprint density at radius 3 is 2.42 bits per heavy atom. The standard InChI is InChI=1S/C14H16BrF3O/c1-13(7-6-11(15)9-13)8-10-2-4-12(5-3-10)19-14(16,17)18/h2-5,11H,6-9H2,1H3. The summed E-state index contributed by atoms with van der Waals surface area (Å²) >= 11 is 3.63. The fourth-order valence-corrected chi connectivity index (χ4v) is 3.72. The van der Waals surface area contributed by atoms with Gasteiger partial charge in [-0.15, -0.1) is 13.2 Å². The van der Waals surface area contributed by atoms with Crippen molar-refractivity contribution in [1.82, 2.24) is 0 Å². The molecule has 2 atom stereocenters. The van der Waals surface area contributed by atoms with Gasteiger partial charge in [0.25, 0.3) is 0 Å². The Morgan fingerprint density at radius 2 is 1.95 bits per heavy atom. The molecule has 0 radical (unpaired) electrons. The van der Waals surface area contributed by atoms with Crippen LogP contribution in [0.15, 0.2) is 24.3 Å². The second-order valence-electron chi connectivity index (χ2n) is 5.52. The van der Waals surface area contributed by atoms with Crippen molar-refractivity contribution in [3.8, 4) is 5.75 Å². The van der Waals surface area contributed by atoms with Crippen LogP contribution in [0.4, 0.5) is 13.2 Å². The molecule has 0 spiro atoms. The van der Waals surface area contributed by atoms with Crippen LogP contribution in [0.2, 0.25) is 0 Å². The maximum Gasteiger partial charge on any atom is 0.573 e. The van der Waals surface area contributed by atoms with Crippen LogP contribution in [0.5, 0.6) is 5.75 Å². The maximum atomic E-state index is 12.0. The first-order valence-corrected chi connectivity index (χ1v) is 7.16. The zero-order chi connectivity index (χ0) is 14.1. The van der Waals surface area contributed by atoms with Crippen molar-refractivity contribution in [3.05, 3.63) is 29.8 Å². The molecule has 0 bridgehead atoms. The third kappa shape index (κ3) is 4.41. The first-order valence-electron chi connectivity index (χ1n) is 6.25. The minimum Gasteiger partial charge on any atom is -0.406 e. The second-order valence-corrected chi connectivity index (χ2v) is 6.81. The molecule has 1 nitrogen and oxygen atoms in total. The lowest BCUT2D eigenvalue weighted by molar-refractivity contribution is -0.274. The number of rotatable bonds is 3. The van der Waals surface area contributed by atoms with E-state index in [9.17, 15) is 13.2 Å². The van der Waals surface area contributed by atoms with E-state index in [2.05, 4.69) is 27.6 Å². The number of halogens is 4. The Hall–Kier alpha value is -0.710. The summed E-state index contributed by atoms with van der Waals surface area (Å²) in [7, 11) is 0. The second kappa shape index (κ2) is 5.35. The SMILES string of the molecule is CC1(Cc2ccc(OC(F)(F)F)cc2)CCC(Br)C1. The van der Waals surface area contributed by atoms with Crippen LogP contribution in [-0.4, -0.2) is 11.2 Å². The fraction of sp³-hybridized carbons (Fsp3) is 0.571. The van der Waals surface area contributed by atoms with E-state index >= 15 is 0 Å². The van der Waals surface area contributed by atoms with Gasteiger partial charge in [-0.05, 0) is 48.8 Å². The van der Waals surface area contributed by atoms with Gasteiger partial charge in [-0.3, -0.25) is 0 Å². The van der Waals surface area contributed by atoms with E-state index in [0.717, 1.165) is 31.2 Å². The van der Waals surface area contributed by atoms with Gasteiger partial charge in [0.15, 0.2) is 0 Å². The van der Waals surface area contributed by atoms with Crippen molar-refractivity contribution in [2.75, 3.05) is 0 Å². The highest BCUT2D eigenvalue weighted by atomic mass is 79.9. The summed E-state index contributed by atoms with van der Waals surface area (Å²) in [5.74, 6) is -0.161. The van der Waals surface area contributed by atoms with Crippen molar-refractivity contribution in [3.63, 3.8) is 0 Å². The maximum absolute atomic E-state index is 12.0. The van der Waals surface area contributed by atoms with E-state index in [-0.39, 0.29) is 11.2 Å². The molecule has 0 saturated heterocycles. The zero-order valence-electron chi connectivity index (χ0n) is 10.6. The zero-order valence-corrected chi connectivity index (χ0v) is 12.2. The smallest absolute Gasteiger partial charge is 0.406 e. The van der Waals surface area contributed by atoms with Crippen LogP contribution in [0.1, 0.15) is 31.7 Å². The Balaban J connectivity index is 1.99. The van der Waals surface area contributed by atoms with E-state index in [0.29, 0.717) is 4.83 Å². The third-order valence-corrected chi connectivity index (χ3v) is 4.34. The summed E-state index contributed by atoms with van der Waals surface area (Å²) in [5.41, 5.74) is 1.29. The van der Waals surface area contributed by atoms with Gasteiger partial charge in [0.05, 0.1) is 0 Å². The predicted octanol–water partition coefficient (Wildman–Crippen LogP) is 5.08. The minimum atomic E-state index is -4.62. The molecule has 0 N–H and O–H groups in total. The number of alkyl halides is 4. The van der Waals surface area contributed by atoms with Crippen molar-refractivity contribution < 1.29 is 17.9 Å². The van der Waals surface area contributed by atoms with Gasteiger partial charge >= 0.3 is 6.36 Å². The molecule has 5 heteroatoms. The van der Waals surface area contributed by atoms with Gasteiger partial charge in [0.1, 0.15) is 5.75 Å². The molecule has 0 heterocycles. The third-order valence-electron chi connectivity index (χ3n) is 3.56. The lowest BCUT2D eigenvalue weighted by Crippen LogP contribution is -2.17. The highest BCUT2D eigenvalue weighted by molar-refractivity contribution is 9.09. The highest BCUT2D eigenvalue weighted by Gasteiger charge is 2.34. The molecule has 1 aromatic rings. The molecular formula is C14H16BrF3O. The monoisotopic (exact) mass is 336 g/mol. The lowest BCUT2D eigenvalue weighted by atomic mass is 9.82. The molecule has 19 heavy (non-hydrogen) atoms. The molecule has 2 unspecified atom stereocenters. The van der Waals surface area contributed by atoms with Crippen LogP contribution in [0.25, 0.3) is 0 Å². The molecule has 1 aliphatic rings. The lowest BCUT2D eigenvalue weighted by Gasteiger charge is -2.23. The van der Waals surface area contributed by atoms with Crippen molar-refractivity contribution >= 4 is 15.9 Å². The Morgan fingerprint density at radius 1 is 1.32 bits per heavy atom. The Labute approximate surface area is 119 Å². The average molecular weight is 337 g/mol. The summed E-state index contributed by atoms with van der Waals surface area (Å²) < 4.78 is 40.0. The number of benzene rings is 1. The molecule has 0 amide bonds. The molecular weight excluding hydrogens is 321 g/mol. The van der Waals surface area contributed by atoms with Crippen LogP contribution in [0.3, 0.4) is 0 Å². The molecule has 0 aromatic heterocycles. The minimum absolute atomic E-state index is 0.161. The summed E-state index contributed by atoms with van der Waals surface area (Å²) in [4.78, 5) is 0.560. The number of hydrogen-bond acceptors (Lipinski definition) is 1. The van der Waals surface area contributed by atoms with Gasteiger partial charge in [-0.25, -0.2) is 0 Å². The van der Waals surface area contributed by atoms with Crippen LogP contribution >= 0.6 is 15.9 Å². The molecule has 106 valence electrons. The topological polar surface area (TPSA) is 9.23 Å². The van der Waals surface area contributed by atoms with Crippen molar-refractivity contribution in [1.29, 1.82) is 0 Å². The average Bonchev–Trinajstić information content (AvgIpc) is 2.59. The molecule has 1 aliphatic carbocycles. The van der Waals surface area contributed by atoms with Gasteiger partial charge in [-0.2, -0.15) is 0 Å². The van der Waals surface area contributed by atoms with Crippen LogP contribution in [0, 0.1) is 5.41 Å². The summed E-state index contributed by atoms with van der Waals surface area (Å²) in [6, 6.07) is 6.20. The van der Waals surface area contributed by atoms with Crippen molar-refractivity contribution in [2.24, 2.45) is 5.41 Å². The van der Waals surface area contributed by atoms with E-state index in [1.165, 1.54) is 12.1 Å². The Bertz CT molecular complexity index is 429. The first kappa shape index (κ1) is 14.7. The normalized spacial score (nSPS) is 27.5. The van der Waals surface area contributed by atoms with Crippen molar-refractivity contribution in [2.45, 2.75) is 43.8 Å². The van der Waals surface area contributed by atoms with E-state index in [1.54, 1.807) is 12.1 Å². The molecule has 0 aliphatic heterocycles. The van der Waals surface area contributed by atoms with Crippen LogP contribution in [-0.2, 0) is 6.42 Å². The van der Waals surface area contributed by atoms with Gasteiger partial charge in [0, 0.05) is 4.83 Å². The van der Waals surface area contributed by atoms with Gasteiger partial charge in [0.2, 0.25) is 0 Å². The molecule has 1 saturated carbocycles. The fourth-order valence-electron chi connectivity index (χ4n) is 2.71.